The molecular formula is C5H14N2O. The minimum absolute atomic E-state index is 0.750. The first-order valence-corrected chi connectivity index (χ1v) is 2.50. The van der Waals surface area contributed by atoms with Crippen LogP contribution in [0.3, 0.4) is 0 Å². The summed E-state index contributed by atoms with van der Waals surface area (Å²) >= 11 is 0. The van der Waals surface area contributed by atoms with Crippen LogP contribution in [0.25, 0.3) is 0 Å². The van der Waals surface area contributed by atoms with Crippen molar-refractivity contribution in [3.05, 3.63) is 0 Å². The SMILES string of the molecule is CCN.CN(C)C=O. The van der Waals surface area contributed by atoms with E-state index in [-0.39, 0.29) is 0 Å². The quantitative estimate of drug-likeness (QED) is 0.479. The summed E-state index contributed by atoms with van der Waals surface area (Å²) in [6.45, 7) is 2.65. The average Bonchev–Trinajstić information content (AvgIpc) is 1.69. The fraction of sp³-hybridized carbons (Fsp3) is 0.800. The van der Waals surface area contributed by atoms with E-state index in [1.165, 1.54) is 4.90 Å². The third kappa shape index (κ3) is 52.1. The Balaban J connectivity index is 0. The summed E-state index contributed by atoms with van der Waals surface area (Å²) in [7, 11) is 3.38. The molecule has 0 heterocycles. The lowest BCUT2D eigenvalue weighted by Crippen LogP contribution is -2.06. The second-order valence-electron chi connectivity index (χ2n) is 1.48. The maximum Gasteiger partial charge on any atom is 0.209 e. The van der Waals surface area contributed by atoms with Crippen molar-refractivity contribution in [2.75, 3.05) is 20.6 Å². The molecule has 8 heavy (non-hydrogen) atoms. The van der Waals surface area contributed by atoms with Crippen molar-refractivity contribution in [3.63, 3.8) is 0 Å². The van der Waals surface area contributed by atoms with E-state index in [1.54, 1.807) is 14.1 Å². The molecule has 0 aliphatic carbocycles. The Morgan fingerprint density at radius 2 is 1.75 bits per heavy atom. The summed E-state index contributed by atoms with van der Waals surface area (Å²) in [4.78, 5) is 10.9. The van der Waals surface area contributed by atoms with Crippen molar-refractivity contribution in [2.45, 2.75) is 6.92 Å². The molecule has 2 N–H and O–H groups in total. The molecule has 0 rings (SSSR count). The molecule has 0 spiro atoms. The van der Waals surface area contributed by atoms with Gasteiger partial charge in [0.25, 0.3) is 0 Å². The number of amides is 1. The van der Waals surface area contributed by atoms with Crippen LogP contribution in [-0.2, 0) is 4.79 Å². The first kappa shape index (κ1) is 10.4. The fourth-order valence-corrected chi connectivity index (χ4v) is 0. The number of nitrogens with two attached hydrogens (primary N) is 1. The molecule has 0 aliphatic rings. The van der Waals surface area contributed by atoms with Crippen molar-refractivity contribution >= 4 is 6.41 Å². The standard InChI is InChI=1S/C3H7NO.C2H7N/c1-4(2)3-5;1-2-3/h3H,1-2H3;2-3H2,1H3. The van der Waals surface area contributed by atoms with Gasteiger partial charge in [-0.15, -0.1) is 0 Å². The molecule has 50 valence electrons. The molecule has 3 heteroatoms. The zero-order valence-corrected chi connectivity index (χ0v) is 5.72. The van der Waals surface area contributed by atoms with Crippen LogP contribution in [0, 0.1) is 0 Å². The van der Waals surface area contributed by atoms with Crippen LogP contribution >= 0.6 is 0 Å². The molecule has 0 saturated heterocycles. The lowest BCUT2D eigenvalue weighted by molar-refractivity contribution is -0.115. The van der Waals surface area contributed by atoms with Gasteiger partial charge in [0, 0.05) is 14.1 Å². The summed E-state index contributed by atoms with van der Waals surface area (Å²) in [5.41, 5.74) is 4.85. The fourth-order valence-electron chi connectivity index (χ4n) is 0. The van der Waals surface area contributed by atoms with Crippen LogP contribution in [0.1, 0.15) is 6.92 Å². The summed E-state index contributed by atoms with van der Waals surface area (Å²) in [6.07, 6.45) is 0.750. The highest BCUT2D eigenvalue weighted by Gasteiger charge is 1.68. The number of carbonyl (C=O) groups is 1. The van der Waals surface area contributed by atoms with Gasteiger partial charge in [-0.25, -0.2) is 0 Å². The molecule has 3 nitrogen and oxygen atoms in total. The molecule has 0 unspecified atom stereocenters. The Hall–Kier alpha value is -0.570. The molecule has 0 atom stereocenters. The molecule has 1 amide bonds. The van der Waals surface area contributed by atoms with Crippen molar-refractivity contribution in [3.8, 4) is 0 Å². The number of hydrogen-bond donors (Lipinski definition) is 1. The van der Waals surface area contributed by atoms with E-state index in [4.69, 9.17) is 5.73 Å². The highest BCUT2D eigenvalue weighted by Crippen LogP contribution is 1.52. The first-order valence-electron chi connectivity index (χ1n) is 2.50. The van der Waals surface area contributed by atoms with E-state index in [0.717, 1.165) is 13.0 Å². The van der Waals surface area contributed by atoms with Crippen LogP contribution in [0.5, 0.6) is 0 Å². The van der Waals surface area contributed by atoms with Gasteiger partial charge < -0.3 is 10.6 Å². The number of rotatable bonds is 1. The van der Waals surface area contributed by atoms with E-state index in [9.17, 15) is 4.79 Å². The van der Waals surface area contributed by atoms with Gasteiger partial charge in [0.1, 0.15) is 0 Å². The molecule has 0 fully saturated rings. The Kier molecular flexibility index (Phi) is 12.6. The molecule has 0 aromatic heterocycles. The predicted octanol–water partition coefficient (Wildman–Crippen LogP) is -0.331. The van der Waals surface area contributed by atoms with Gasteiger partial charge in [0.2, 0.25) is 6.41 Å². The van der Waals surface area contributed by atoms with Gasteiger partial charge in [-0.1, -0.05) is 6.92 Å². The van der Waals surface area contributed by atoms with Crippen LogP contribution < -0.4 is 5.73 Å². The summed E-state index contributed by atoms with van der Waals surface area (Å²) < 4.78 is 0. The van der Waals surface area contributed by atoms with Crippen molar-refractivity contribution in [1.82, 2.24) is 4.90 Å². The van der Waals surface area contributed by atoms with E-state index < -0.39 is 0 Å². The second kappa shape index (κ2) is 9.66. The summed E-state index contributed by atoms with van der Waals surface area (Å²) in [5.74, 6) is 0. The second-order valence-corrected chi connectivity index (χ2v) is 1.48. The van der Waals surface area contributed by atoms with Crippen LogP contribution in [0.2, 0.25) is 0 Å². The minimum Gasteiger partial charge on any atom is -0.351 e. The van der Waals surface area contributed by atoms with Gasteiger partial charge in [-0.3, -0.25) is 4.79 Å². The molecule has 0 aliphatic heterocycles. The third-order valence-electron chi connectivity index (χ3n) is 0.211. The normalized spacial score (nSPS) is 6.50. The van der Waals surface area contributed by atoms with Gasteiger partial charge in [0.05, 0.1) is 0 Å². The smallest absolute Gasteiger partial charge is 0.209 e. The van der Waals surface area contributed by atoms with Gasteiger partial charge in [0.15, 0.2) is 0 Å². The first-order chi connectivity index (χ1) is 3.68. The van der Waals surface area contributed by atoms with E-state index in [0.29, 0.717) is 0 Å². The Bertz CT molecular complexity index is 45.7. The lowest BCUT2D eigenvalue weighted by Gasteiger charge is -1.93. The largest absolute Gasteiger partial charge is 0.351 e. The zero-order valence-electron chi connectivity index (χ0n) is 5.72. The van der Waals surface area contributed by atoms with E-state index >= 15 is 0 Å². The highest BCUT2D eigenvalue weighted by molar-refractivity contribution is 5.45. The molecule has 0 bridgehead atoms. The Morgan fingerprint density at radius 3 is 1.75 bits per heavy atom. The highest BCUT2D eigenvalue weighted by atomic mass is 16.1. The maximum absolute atomic E-state index is 9.43. The molecule has 0 radical (unpaired) electrons. The lowest BCUT2D eigenvalue weighted by atomic mass is 10.8. The Morgan fingerprint density at radius 1 is 1.62 bits per heavy atom. The van der Waals surface area contributed by atoms with Gasteiger partial charge in [-0.2, -0.15) is 0 Å². The summed E-state index contributed by atoms with van der Waals surface area (Å²) in [6, 6.07) is 0. The van der Waals surface area contributed by atoms with Crippen molar-refractivity contribution in [1.29, 1.82) is 0 Å². The maximum atomic E-state index is 9.43. The molecular weight excluding hydrogens is 104 g/mol. The van der Waals surface area contributed by atoms with Crippen LogP contribution in [0.15, 0.2) is 0 Å². The minimum atomic E-state index is 0.750. The topological polar surface area (TPSA) is 46.3 Å². The van der Waals surface area contributed by atoms with Gasteiger partial charge >= 0.3 is 0 Å². The van der Waals surface area contributed by atoms with Crippen molar-refractivity contribution < 1.29 is 4.79 Å². The Labute approximate surface area is 50.5 Å². The van der Waals surface area contributed by atoms with Crippen molar-refractivity contribution in [2.24, 2.45) is 5.73 Å². The van der Waals surface area contributed by atoms with Crippen LogP contribution in [0.4, 0.5) is 0 Å². The summed E-state index contributed by atoms with van der Waals surface area (Å²) in [5, 5.41) is 0. The van der Waals surface area contributed by atoms with Gasteiger partial charge in [-0.05, 0) is 6.54 Å². The predicted molar refractivity (Wildman–Crippen MR) is 34.5 cm³/mol. The van der Waals surface area contributed by atoms with E-state index in [2.05, 4.69) is 0 Å². The monoisotopic (exact) mass is 118 g/mol. The molecule has 0 saturated carbocycles. The van der Waals surface area contributed by atoms with Crippen LogP contribution in [-0.4, -0.2) is 32.0 Å². The average molecular weight is 118 g/mol. The number of nitrogens with zero attached hydrogens (tertiary/aromatic N) is 1. The zero-order chi connectivity index (χ0) is 6.99. The third-order valence-corrected chi connectivity index (χ3v) is 0.211. The number of carbonyl (C=O) groups excluding carboxylic acids is 1. The molecule has 0 aromatic carbocycles. The van der Waals surface area contributed by atoms with E-state index in [1.807, 2.05) is 6.92 Å². The molecule has 0 aromatic rings. The number of hydrogen-bond acceptors (Lipinski definition) is 2.